The third-order valence-electron chi connectivity index (χ3n) is 3.78. The van der Waals surface area contributed by atoms with Crippen LogP contribution >= 0.6 is 35.3 Å². The van der Waals surface area contributed by atoms with E-state index in [9.17, 15) is 0 Å². The SMILES string of the molecule is CCNC(=NCc1ccnc(N(C)C)c1)NCC(C)Cc1cccs1.I. The van der Waals surface area contributed by atoms with Gasteiger partial charge < -0.3 is 15.5 Å². The first-order valence-corrected chi connectivity index (χ1v) is 9.63. The normalized spacial score (nSPS) is 12.2. The molecule has 0 fully saturated rings. The molecular formula is C19H30IN5S. The second kappa shape index (κ2) is 12.1. The van der Waals surface area contributed by atoms with Crippen LogP contribution in [0.15, 0.2) is 40.8 Å². The van der Waals surface area contributed by atoms with Gasteiger partial charge in [0.25, 0.3) is 0 Å². The van der Waals surface area contributed by atoms with Gasteiger partial charge in [0.1, 0.15) is 5.82 Å². The van der Waals surface area contributed by atoms with E-state index in [2.05, 4.69) is 53.0 Å². The van der Waals surface area contributed by atoms with E-state index >= 15 is 0 Å². The summed E-state index contributed by atoms with van der Waals surface area (Å²) in [4.78, 5) is 12.5. The Morgan fingerprint density at radius 2 is 2.12 bits per heavy atom. The fourth-order valence-corrected chi connectivity index (χ4v) is 3.30. The molecule has 0 radical (unpaired) electrons. The van der Waals surface area contributed by atoms with Crippen molar-refractivity contribution < 1.29 is 0 Å². The molecule has 0 spiro atoms. The second-order valence-electron chi connectivity index (χ2n) is 6.38. The van der Waals surface area contributed by atoms with E-state index in [0.717, 1.165) is 36.9 Å². The zero-order valence-corrected chi connectivity index (χ0v) is 19.2. The van der Waals surface area contributed by atoms with Crippen molar-refractivity contribution in [3.05, 3.63) is 46.3 Å². The first-order chi connectivity index (χ1) is 12.1. The molecule has 26 heavy (non-hydrogen) atoms. The predicted molar refractivity (Wildman–Crippen MR) is 124 cm³/mol. The first kappa shape index (κ1) is 22.7. The topological polar surface area (TPSA) is 52.6 Å². The van der Waals surface area contributed by atoms with E-state index in [4.69, 9.17) is 4.99 Å². The van der Waals surface area contributed by atoms with Gasteiger partial charge in [-0.05, 0) is 48.4 Å². The molecule has 2 aromatic rings. The van der Waals surface area contributed by atoms with E-state index in [0.29, 0.717) is 12.5 Å². The number of aromatic nitrogens is 1. The van der Waals surface area contributed by atoms with Crippen molar-refractivity contribution in [2.75, 3.05) is 32.1 Å². The molecule has 2 rings (SSSR count). The van der Waals surface area contributed by atoms with Crippen LogP contribution in [-0.2, 0) is 13.0 Å². The Balaban J connectivity index is 0.00000338. The van der Waals surface area contributed by atoms with Crippen LogP contribution in [0, 0.1) is 5.92 Å². The van der Waals surface area contributed by atoms with Gasteiger partial charge in [-0.1, -0.05) is 13.0 Å². The summed E-state index contributed by atoms with van der Waals surface area (Å²) in [6.07, 6.45) is 2.93. The number of pyridine rings is 1. The van der Waals surface area contributed by atoms with Crippen LogP contribution in [-0.4, -0.2) is 38.1 Å². The molecule has 0 saturated heterocycles. The molecule has 0 saturated carbocycles. The van der Waals surface area contributed by atoms with E-state index in [1.54, 1.807) is 0 Å². The monoisotopic (exact) mass is 487 g/mol. The van der Waals surface area contributed by atoms with Gasteiger partial charge in [0.05, 0.1) is 6.54 Å². The van der Waals surface area contributed by atoms with E-state index in [1.165, 1.54) is 4.88 Å². The lowest BCUT2D eigenvalue weighted by atomic mass is 10.1. The highest BCUT2D eigenvalue weighted by Crippen LogP contribution is 2.14. The number of nitrogens with one attached hydrogen (secondary N) is 2. The Hall–Kier alpha value is -1.35. The molecule has 2 aromatic heterocycles. The molecular weight excluding hydrogens is 457 g/mol. The molecule has 0 bridgehead atoms. The predicted octanol–water partition coefficient (Wildman–Crippen LogP) is 3.76. The maximum atomic E-state index is 4.70. The maximum Gasteiger partial charge on any atom is 0.191 e. The highest BCUT2D eigenvalue weighted by Gasteiger charge is 2.06. The van der Waals surface area contributed by atoms with Gasteiger partial charge in [-0.15, -0.1) is 35.3 Å². The largest absolute Gasteiger partial charge is 0.363 e. The molecule has 5 nitrogen and oxygen atoms in total. The third kappa shape index (κ3) is 7.90. The molecule has 0 aromatic carbocycles. The fourth-order valence-electron chi connectivity index (χ4n) is 2.43. The van der Waals surface area contributed by atoms with Gasteiger partial charge in [-0.25, -0.2) is 9.98 Å². The zero-order valence-electron chi connectivity index (χ0n) is 16.0. The Kier molecular flexibility index (Phi) is 10.6. The van der Waals surface area contributed by atoms with Crippen LogP contribution in [0.25, 0.3) is 0 Å². The van der Waals surface area contributed by atoms with Crippen molar-refractivity contribution in [3.8, 4) is 0 Å². The minimum Gasteiger partial charge on any atom is -0.363 e. The second-order valence-corrected chi connectivity index (χ2v) is 7.41. The average molecular weight is 487 g/mol. The number of halogens is 1. The number of anilines is 1. The van der Waals surface area contributed by atoms with Crippen molar-refractivity contribution in [1.29, 1.82) is 0 Å². The van der Waals surface area contributed by atoms with Crippen molar-refractivity contribution in [2.24, 2.45) is 10.9 Å². The lowest BCUT2D eigenvalue weighted by Gasteiger charge is -2.16. The maximum absolute atomic E-state index is 4.70. The summed E-state index contributed by atoms with van der Waals surface area (Å²) >= 11 is 1.82. The van der Waals surface area contributed by atoms with E-state index < -0.39 is 0 Å². The van der Waals surface area contributed by atoms with Crippen LogP contribution in [0.1, 0.15) is 24.3 Å². The lowest BCUT2D eigenvalue weighted by molar-refractivity contribution is 0.562. The van der Waals surface area contributed by atoms with Crippen LogP contribution in [0.3, 0.4) is 0 Å². The van der Waals surface area contributed by atoms with Crippen molar-refractivity contribution in [2.45, 2.75) is 26.8 Å². The van der Waals surface area contributed by atoms with Crippen LogP contribution < -0.4 is 15.5 Å². The fraction of sp³-hybridized carbons (Fsp3) is 0.474. The van der Waals surface area contributed by atoms with Crippen molar-refractivity contribution in [3.63, 3.8) is 0 Å². The highest BCUT2D eigenvalue weighted by atomic mass is 127. The molecule has 7 heteroatoms. The van der Waals surface area contributed by atoms with Crippen LogP contribution in [0.2, 0.25) is 0 Å². The van der Waals surface area contributed by atoms with E-state index in [1.807, 2.05) is 42.6 Å². The van der Waals surface area contributed by atoms with Gasteiger partial charge in [0.15, 0.2) is 5.96 Å². The molecule has 144 valence electrons. The number of nitrogens with zero attached hydrogens (tertiary/aromatic N) is 3. The summed E-state index contributed by atoms with van der Waals surface area (Å²) in [6, 6.07) is 8.40. The number of guanidine groups is 1. The Morgan fingerprint density at radius 1 is 1.31 bits per heavy atom. The van der Waals surface area contributed by atoms with Gasteiger partial charge >= 0.3 is 0 Å². The Morgan fingerprint density at radius 3 is 2.77 bits per heavy atom. The summed E-state index contributed by atoms with van der Waals surface area (Å²) < 4.78 is 0. The molecule has 0 aliphatic carbocycles. The molecule has 1 unspecified atom stereocenters. The summed E-state index contributed by atoms with van der Waals surface area (Å²) in [5, 5.41) is 8.91. The smallest absolute Gasteiger partial charge is 0.191 e. The van der Waals surface area contributed by atoms with Gasteiger partial charge in [-0.2, -0.15) is 0 Å². The van der Waals surface area contributed by atoms with Gasteiger partial charge in [0, 0.05) is 38.3 Å². The number of aliphatic imine (C=N–C) groups is 1. The number of rotatable bonds is 8. The average Bonchev–Trinajstić information content (AvgIpc) is 3.10. The van der Waals surface area contributed by atoms with Crippen LogP contribution in [0.4, 0.5) is 5.82 Å². The minimum absolute atomic E-state index is 0. The van der Waals surface area contributed by atoms with E-state index in [-0.39, 0.29) is 24.0 Å². The van der Waals surface area contributed by atoms with Crippen molar-refractivity contribution >= 4 is 47.1 Å². The number of hydrogen-bond donors (Lipinski definition) is 2. The quantitative estimate of drug-likeness (QED) is 0.338. The summed E-state index contributed by atoms with van der Waals surface area (Å²) in [6.45, 7) is 6.75. The standard InChI is InChI=1S/C19H29N5S.HI/c1-5-20-19(22-13-15(2)11-17-7-6-10-25-17)23-14-16-8-9-21-18(12-16)24(3)4;/h6-10,12,15H,5,11,13-14H2,1-4H3,(H2,20,22,23);1H. The summed E-state index contributed by atoms with van der Waals surface area (Å²) in [7, 11) is 3.99. The molecule has 0 aliphatic heterocycles. The Labute approximate surface area is 178 Å². The molecule has 2 heterocycles. The van der Waals surface area contributed by atoms with Gasteiger partial charge in [-0.3, -0.25) is 0 Å². The lowest BCUT2D eigenvalue weighted by Crippen LogP contribution is -2.39. The van der Waals surface area contributed by atoms with Crippen LogP contribution in [0.5, 0.6) is 0 Å². The molecule has 0 aliphatic rings. The molecule has 1 atom stereocenters. The van der Waals surface area contributed by atoms with Gasteiger partial charge in [0.2, 0.25) is 0 Å². The number of hydrogen-bond acceptors (Lipinski definition) is 4. The summed E-state index contributed by atoms with van der Waals surface area (Å²) in [5.41, 5.74) is 1.16. The summed E-state index contributed by atoms with van der Waals surface area (Å²) in [5.74, 6) is 2.38. The number of thiophene rings is 1. The molecule has 0 amide bonds. The Bertz CT molecular complexity index is 658. The highest BCUT2D eigenvalue weighted by molar-refractivity contribution is 14.0. The molecule has 2 N–H and O–H groups in total. The zero-order chi connectivity index (χ0) is 18.1. The minimum atomic E-state index is 0. The first-order valence-electron chi connectivity index (χ1n) is 8.75. The third-order valence-corrected chi connectivity index (χ3v) is 4.68. The van der Waals surface area contributed by atoms with Crippen molar-refractivity contribution in [1.82, 2.24) is 15.6 Å².